The van der Waals surface area contributed by atoms with E-state index in [4.69, 9.17) is 30.7 Å². The number of rotatable bonds is 10. The van der Waals surface area contributed by atoms with Crippen molar-refractivity contribution in [1.29, 1.82) is 0 Å². The predicted octanol–water partition coefficient (Wildman–Crippen LogP) is 1.64. The van der Waals surface area contributed by atoms with Crippen molar-refractivity contribution in [3.8, 4) is 6.01 Å². The third-order valence-corrected chi connectivity index (χ3v) is 5.11. The molecule has 11 heteroatoms. The normalized spacial score (nSPS) is 17.2. The van der Waals surface area contributed by atoms with Crippen LogP contribution in [0.2, 0.25) is 0 Å². The molecule has 30 heavy (non-hydrogen) atoms. The van der Waals surface area contributed by atoms with Gasteiger partial charge in [0.25, 0.3) is 5.56 Å². The molecule has 2 aromatic rings. The van der Waals surface area contributed by atoms with Crippen LogP contribution in [-0.4, -0.2) is 57.0 Å². The molecule has 1 atom stereocenters. The van der Waals surface area contributed by atoms with E-state index in [0.29, 0.717) is 26.2 Å². The third-order valence-electron chi connectivity index (χ3n) is 4.79. The fraction of sp³-hybridized carbons (Fsp3) is 0.737. The summed E-state index contributed by atoms with van der Waals surface area (Å²) in [5.74, 6) is 0. The Morgan fingerprint density at radius 2 is 2.03 bits per heavy atom. The Balaban J connectivity index is 1.71. The molecule has 3 rings (SSSR count). The molecular weight excluding hydrogens is 416 g/mol. The lowest BCUT2D eigenvalue weighted by atomic mass is 10.2. The topological polar surface area (TPSA) is 98.7 Å². The molecule has 1 aliphatic heterocycles. The molecule has 0 N–H and O–H groups in total. The molecule has 168 valence electrons. The van der Waals surface area contributed by atoms with E-state index in [1.54, 1.807) is 7.05 Å². The highest BCUT2D eigenvalue weighted by molar-refractivity contribution is 6.19. The molecule has 10 nitrogen and oxygen atoms in total. The monoisotopic (exact) mass is 444 g/mol. The zero-order chi connectivity index (χ0) is 21.7. The van der Waals surface area contributed by atoms with Crippen LogP contribution < -0.4 is 16.0 Å². The summed E-state index contributed by atoms with van der Waals surface area (Å²) >= 11 is 6.28. The molecule has 0 spiro atoms. The van der Waals surface area contributed by atoms with Gasteiger partial charge in [0.15, 0.2) is 17.5 Å². The Kier molecular flexibility index (Phi) is 7.93. The minimum absolute atomic E-state index is 0.0432. The number of imidazole rings is 1. The summed E-state index contributed by atoms with van der Waals surface area (Å²) in [7, 11) is 1.54. The summed E-state index contributed by atoms with van der Waals surface area (Å²) in [5, 5.41) is 0. The van der Waals surface area contributed by atoms with Gasteiger partial charge in [-0.3, -0.25) is 13.9 Å². The lowest BCUT2D eigenvalue weighted by molar-refractivity contribution is -0.163. The lowest BCUT2D eigenvalue weighted by Gasteiger charge is -2.22. The van der Waals surface area contributed by atoms with Crippen molar-refractivity contribution in [2.75, 3.05) is 26.4 Å². The smallest absolute Gasteiger partial charge is 0.332 e. The summed E-state index contributed by atoms with van der Waals surface area (Å²) in [6.45, 7) is 5.71. The maximum Gasteiger partial charge on any atom is 0.332 e. The lowest BCUT2D eigenvalue weighted by Crippen LogP contribution is -2.39. The van der Waals surface area contributed by atoms with Crippen molar-refractivity contribution in [2.24, 2.45) is 7.05 Å². The number of aromatic nitrogens is 4. The average molecular weight is 445 g/mol. The standard InChI is InChI=1S/C19H29ClN4O6/c1-13(2)27-11-12-30-18-21-16-15(24(18)20)17(25)23(19(26)22(16)3)8-6-10-29-14-7-4-5-9-28-14/h13-14H,4-12H2,1-3H3. The molecule has 1 saturated heterocycles. The van der Waals surface area contributed by atoms with Crippen LogP contribution in [0, 0.1) is 0 Å². The largest absolute Gasteiger partial charge is 0.461 e. The van der Waals surface area contributed by atoms with Crippen LogP contribution in [0.1, 0.15) is 39.5 Å². The van der Waals surface area contributed by atoms with Crippen molar-refractivity contribution in [3.63, 3.8) is 0 Å². The number of fused-ring (bicyclic) bond motifs is 1. The van der Waals surface area contributed by atoms with Crippen molar-refractivity contribution in [1.82, 2.24) is 18.2 Å². The van der Waals surface area contributed by atoms with Gasteiger partial charge in [-0.05, 0) is 39.5 Å². The molecule has 1 unspecified atom stereocenters. The van der Waals surface area contributed by atoms with E-state index in [1.165, 1.54) is 4.57 Å². The fourth-order valence-corrected chi connectivity index (χ4v) is 3.49. The van der Waals surface area contributed by atoms with Crippen LogP contribution in [0.25, 0.3) is 11.2 Å². The van der Waals surface area contributed by atoms with Gasteiger partial charge in [0.05, 0.1) is 19.3 Å². The minimum Gasteiger partial charge on any atom is -0.461 e. The van der Waals surface area contributed by atoms with E-state index in [-0.39, 0.29) is 42.7 Å². The van der Waals surface area contributed by atoms with E-state index in [0.717, 1.165) is 27.9 Å². The molecule has 1 fully saturated rings. The molecular formula is C19H29ClN4O6. The van der Waals surface area contributed by atoms with E-state index in [9.17, 15) is 9.59 Å². The van der Waals surface area contributed by atoms with Crippen molar-refractivity contribution >= 4 is 22.9 Å². The third kappa shape index (κ3) is 5.23. The fourth-order valence-electron chi connectivity index (χ4n) is 3.25. The van der Waals surface area contributed by atoms with Crippen LogP contribution in [0.4, 0.5) is 0 Å². The number of ether oxygens (including phenoxy) is 4. The molecule has 2 aromatic heterocycles. The molecule has 0 bridgehead atoms. The first-order valence-corrected chi connectivity index (χ1v) is 10.6. The van der Waals surface area contributed by atoms with Gasteiger partial charge in [0, 0.05) is 32.0 Å². The average Bonchev–Trinajstić information content (AvgIpc) is 3.06. The maximum atomic E-state index is 12.9. The minimum atomic E-state index is -0.516. The highest BCUT2D eigenvalue weighted by Gasteiger charge is 2.21. The number of hydrogen-bond acceptors (Lipinski definition) is 7. The first-order valence-electron chi connectivity index (χ1n) is 10.3. The molecule has 0 aliphatic carbocycles. The second-order valence-electron chi connectivity index (χ2n) is 7.43. The Morgan fingerprint density at radius 3 is 2.73 bits per heavy atom. The second kappa shape index (κ2) is 10.4. The predicted molar refractivity (Wildman–Crippen MR) is 111 cm³/mol. The summed E-state index contributed by atoms with van der Waals surface area (Å²) < 4.78 is 25.6. The van der Waals surface area contributed by atoms with Gasteiger partial charge in [-0.1, -0.05) is 0 Å². The molecule has 1 aliphatic rings. The number of hydrogen-bond donors (Lipinski definition) is 0. The quantitative estimate of drug-likeness (QED) is 0.513. The Morgan fingerprint density at radius 1 is 1.23 bits per heavy atom. The summed E-state index contributed by atoms with van der Waals surface area (Å²) in [4.78, 5) is 29.8. The summed E-state index contributed by atoms with van der Waals surface area (Å²) in [6.07, 6.45) is 3.36. The summed E-state index contributed by atoms with van der Waals surface area (Å²) in [5.41, 5.74) is -0.721. The zero-order valence-corrected chi connectivity index (χ0v) is 18.4. The molecule has 0 aromatic carbocycles. The zero-order valence-electron chi connectivity index (χ0n) is 17.6. The van der Waals surface area contributed by atoms with E-state index < -0.39 is 11.2 Å². The van der Waals surface area contributed by atoms with Crippen molar-refractivity contribution in [3.05, 3.63) is 20.8 Å². The SMILES string of the molecule is CC(C)OCCOc1nc2c(c(=O)n(CCCOC3CCCCO3)c(=O)n2C)n1Cl. The highest BCUT2D eigenvalue weighted by atomic mass is 35.5. The van der Waals surface area contributed by atoms with Crippen LogP contribution in [0.3, 0.4) is 0 Å². The number of aryl methyl sites for hydroxylation is 1. The van der Waals surface area contributed by atoms with Gasteiger partial charge < -0.3 is 18.9 Å². The molecule has 3 heterocycles. The van der Waals surface area contributed by atoms with Crippen molar-refractivity contribution < 1.29 is 18.9 Å². The molecule has 0 saturated carbocycles. The van der Waals surface area contributed by atoms with Gasteiger partial charge in [-0.15, -0.1) is 0 Å². The van der Waals surface area contributed by atoms with Crippen LogP contribution >= 0.6 is 11.8 Å². The molecule has 0 radical (unpaired) electrons. The first kappa shape index (κ1) is 22.8. The molecule has 0 amide bonds. The Hall–Kier alpha value is -1.88. The number of nitrogens with zero attached hydrogens (tertiary/aromatic N) is 4. The van der Waals surface area contributed by atoms with Gasteiger partial charge in [0.2, 0.25) is 0 Å². The second-order valence-corrected chi connectivity index (χ2v) is 7.77. The van der Waals surface area contributed by atoms with Crippen LogP contribution in [0.5, 0.6) is 6.01 Å². The van der Waals surface area contributed by atoms with Gasteiger partial charge in [-0.25, -0.2) is 4.79 Å². The number of halogens is 1. The van der Waals surface area contributed by atoms with E-state index >= 15 is 0 Å². The van der Waals surface area contributed by atoms with E-state index in [2.05, 4.69) is 4.98 Å². The van der Waals surface area contributed by atoms with Gasteiger partial charge in [-0.2, -0.15) is 9.07 Å². The first-order chi connectivity index (χ1) is 14.4. The van der Waals surface area contributed by atoms with Gasteiger partial charge >= 0.3 is 11.7 Å². The highest BCUT2D eigenvalue weighted by Crippen LogP contribution is 2.19. The van der Waals surface area contributed by atoms with Crippen molar-refractivity contribution in [2.45, 2.75) is 58.5 Å². The van der Waals surface area contributed by atoms with Crippen LogP contribution in [0.15, 0.2) is 9.59 Å². The maximum absolute atomic E-state index is 12.9. The van der Waals surface area contributed by atoms with E-state index in [1.807, 2.05) is 13.8 Å². The summed E-state index contributed by atoms with van der Waals surface area (Å²) in [6, 6.07) is 0.0432. The Labute approximate surface area is 179 Å². The van der Waals surface area contributed by atoms with Gasteiger partial charge in [0.1, 0.15) is 6.61 Å². The van der Waals surface area contributed by atoms with Crippen LogP contribution in [-0.2, 0) is 27.8 Å². The Bertz CT molecular complexity index is 961.